The van der Waals surface area contributed by atoms with Crippen LogP contribution in [0.3, 0.4) is 0 Å². The maximum Gasteiger partial charge on any atom is -0.0384 e. The zero-order chi connectivity index (χ0) is 8.97. The van der Waals surface area contributed by atoms with E-state index in [0.717, 1.165) is 17.8 Å². The predicted molar refractivity (Wildman–Crippen MR) is 55.2 cm³/mol. The van der Waals surface area contributed by atoms with E-state index in [4.69, 9.17) is 0 Å². The largest absolute Gasteiger partial charge is 0.0654 e. The second kappa shape index (κ2) is 4.89. The van der Waals surface area contributed by atoms with Gasteiger partial charge in [0.05, 0.1) is 0 Å². The van der Waals surface area contributed by atoms with E-state index in [2.05, 4.69) is 20.8 Å². The summed E-state index contributed by atoms with van der Waals surface area (Å²) in [7, 11) is 0. The summed E-state index contributed by atoms with van der Waals surface area (Å²) in [5.41, 5.74) is 0. The average Bonchev–Trinajstić information content (AvgIpc) is 2.05. The van der Waals surface area contributed by atoms with E-state index in [1.165, 1.54) is 38.5 Å². The molecule has 0 spiro atoms. The minimum Gasteiger partial charge on any atom is -0.0654 e. The summed E-state index contributed by atoms with van der Waals surface area (Å²) < 4.78 is 0. The Bertz CT molecular complexity index is 117. The smallest absolute Gasteiger partial charge is 0.0384 e. The van der Waals surface area contributed by atoms with Crippen molar-refractivity contribution in [3.63, 3.8) is 0 Å². The van der Waals surface area contributed by atoms with Crippen LogP contribution >= 0.6 is 0 Å². The highest BCUT2D eigenvalue weighted by atomic mass is 14.3. The molecule has 0 nitrogen and oxygen atoms in total. The minimum absolute atomic E-state index is 1.00. The van der Waals surface area contributed by atoms with E-state index in [1.807, 2.05) is 0 Å². The van der Waals surface area contributed by atoms with Gasteiger partial charge >= 0.3 is 0 Å². The van der Waals surface area contributed by atoms with E-state index in [1.54, 1.807) is 0 Å². The summed E-state index contributed by atoms with van der Waals surface area (Å²) in [5.74, 6) is 3.12. The summed E-state index contributed by atoms with van der Waals surface area (Å²) in [5, 5.41) is 0. The third kappa shape index (κ3) is 2.50. The molecular formula is C12H24. The summed E-state index contributed by atoms with van der Waals surface area (Å²) in [6.07, 6.45) is 8.77. The molecule has 1 saturated carbocycles. The lowest BCUT2D eigenvalue weighted by Gasteiger charge is -2.34. The quantitative estimate of drug-likeness (QED) is 0.591. The Balaban J connectivity index is 2.40. The fourth-order valence-electron chi connectivity index (χ4n) is 2.82. The van der Waals surface area contributed by atoms with Crippen molar-refractivity contribution in [3.8, 4) is 0 Å². The maximum absolute atomic E-state index is 2.43. The summed E-state index contributed by atoms with van der Waals surface area (Å²) in [6.45, 7) is 7.11. The molecule has 72 valence electrons. The first-order valence-corrected chi connectivity index (χ1v) is 5.77. The molecule has 0 heteroatoms. The highest BCUT2D eigenvalue weighted by molar-refractivity contribution is 4.77. The van der Waals surface area contributed by atoms with Crippen molar-refractivity contribution >= 4 is 0 Å². The van der Waals surface area contributed by atoms with Crippen LogP contribution in [0, 0.1) is 17.8 Å². The zero-order valence-corrected chi connectivity index (χ0v) is 8.97. The van der Waals surface area contributed by atoms with Crippen molar-refractivity contribution in [1.29, 1.82) is 0 Å². The molecule has 0 aromatic heterocycles. The summed E-state index contributed by atoms with van der Waals surface area (Å²) in [4.78, 5) is 0. The Morgan fingerprint density at radius 3 is 2.42 bits per heavy atom. The molecule has 1 rings (SSSR count). The second-order valence-electron chi connectivity index (χ2n) is 4.64. The van der Waals surface area contributed by atoms with Crippen LogP contribution < -0.4 is 0 Å². The molecule has 12 heavy (non-hydrogen) atoms. The van der Waals surface area contributed by atoms with Crippen LogP contribution in [0.1, 0.15) is 59.3 Å². The van der Waals surface area contributed by atoms with Crippen molar-refractivity contribution in [3.05, 3.63) is 0 Å². The van der Waals surface area contributed by atoms with Gasteiger partial charge in [-0.2, -0.15) is 0 Å². The Kier molecular flexibility index (Phi) is 4.11. The Hall–Kier alpha value is 0. The van der Waals surface area contributed by atoms with Crippen LogP contribution in [0.4, 0.5) is 0 Å². The van der Waals surface area contributed by atoms with Crippen molar-refractivity contribution in [2.45, 2.75) is 59.3 Å². The van der Waals surface area contributed by atoms with Crippen LogP contribution in [-0.2, 0) is 0 Å². The highest BCUT2D eigenvalue weighted by Crippen LogP contribution is 2.37. The van der Waals surface area contributed by atoms with Gasteiger partial charge in [0.15, 0.2) is 0 Å². The minimum atomic E-state index is 1.00. The molecule has 0 aromatic carbocycles. The summed E-state index contributed by atoms with van der Waals surface area (Å²) >= 11 is 0. The molecule has 0 bridgehead atoms. The molecule has 0 saturated heterocycles. The molecule has 0 aliphatic heterocycles. The van der Waals surface area contributed by atoms with Gasteiger partial charge in [0.1, 0.15) is 0 Å². The molecule has 0 radical (unpaired) electrons. The van der Waals surface area contributed by atoms with E-state index in [-0.39, 0.29) is 0 Å². The van der Waals surface area contributed by atoms with Gasteiger partial charge in [-0.1, -0.05) is 46.5 Å². The van der Waals surface area contributed by atoms with Gasteiger partial charge in [-0.05, 0) is 30.6 Å². The SMILES string of the molecule is CCCC1CC(C)CCC1CC. The fourth-order valence-corrected chi connectivity index (χ4v) is 2.82. The average molecular weight is 168 g/mol. The molecule has 0 N–H and O–H groups in total. The third-order valence-corrected chi connectivity index (χ3v) is 3.59. The van der Waals surface area contributed by atoms with E-state index in [0.29, 0.717) is 0 Å². The van der Waals surface area contributed by atoms with Gasteiger partial charge in [0.2, 0.25) is 0 Å². The first-order valence-electron chi connectivity index (χ1n) is 5.77. The van der Waals surface area contributed by atoms with Gasteiger partial charge in [0, 0.05) is 0 Å². The van der Waals surface area contributed by atoms with Gasteiger partial charge in [-0.15, -0.1) is 0 Å². The fraction of sp³-hybridized carbons (Fsp3) is 1.00. The lowest BCUT2D eigenvalue weighted by molar-refractivity contribution is 0.173. The molecule has 0 amide bonds. The first-order chi connectivity index (χ1) is 5.77. The Labute approximate surface area is 77.7 Å². The van der Waals surface area contributed by atoms with Gasteiger partial charge < -0.3 is 0 Å². The zero-order valence-electron chi connectivity index (χ0n) is 8.97. The molecule has 1 fully saturated rings. The maximum atomic E-state index is 2.43. The molecule has 1 aliphatic carbocycles. The predicted octanol–water partition coefficient (Wildman–Crippen LogP) is 4.25. The molecule has 0 heterocycles. The Morgan fingerprint density at radius 1 is 1.08 bits per heavy atom. The normalized spacial score (nSPS) is 36.8. The number of hydrogen-bond acceptors (Lipinski definition) is 0. The van der Waals surface area contributed by atoms with E-state index in [9.17, 15) is 0 Å². The van der Waals surface area contributed by atoms with Crippen molar-refractivity contribution in [2.75, 3.05) is 0 Å². The highest BCUT2D eigenvalue weighted by Gasteiger charge is 2.26. The van der Waals surface area contributed by atoms with Crippen molar-refractivity contribution in [2.24, 2.45) is 17.8 Å². The lowest BCUT2D eigenvalue weighted by Crippen LogP contribution is -2.23. The van der Waals surface area contributed by atoms with Gasteiger partial charge in [-0.25, -0.2) is 0 Å². The van der Waals surface area contributed by atoms with Crippen LogP contribution in [0.15, 0.2) is 0 Å². The van der Waals surface area contributed by atoms with E-state index >= 15 is 0 Å². The Morgan fingerprint density at radius 2 is 1.83 bits per heavy atom. The van der Waals surface area contributed by atoms with Crippen molar-refractivity contribution in [1.82, 2.24) is 0 Å². The summed E-state index contributed by atoms with van der Waals surface area (Å²) in [6, 6.07) is 0. The van der Waals surface area contributed by atoms with Crippen molar-refractivity contribution < 1.29 is 0 Å². The molecule has 3 unspecified atom stereocenters. The standard InChI is InChI=1S/C12H24/c1-4-6-12-9-10(3)7-8-11(12)5-2/h10-12H,4-9H2,1-3H3. The van der Waals surface area contributed by atoms with Crippen LogP contribution in [0.25, 0.3) is 0 Å². The number of rotatable bonds is 3. The lowest BCUT2D eigenvalue weighted by atomic mass is 9.72. The van der Waals surface area contributed by atoms with Crippen LogP contribution in [-0.4, -0.2) is 0 Å². The van der Waals surface area contributed by atoms with Crippen LogP contribution in [0.5, 0.6) is 0 Å². The molecular weight excluding hydrogens is 144 g/mol. The number of hydrogen-bond donors (Lipinski definition) is 0. The molecule has 0 aromatic rings. The van der Waals surface area contributed by atoms with Crippen LogP contribution in [0.2, 0.25) is 0 Å². The third-order valence-electron chi connectivity index (χ3n) is 3.59. The topological polar surface area (TPSA) is 0 Å². The molecule has 3 atom stereocenters. The van der Waals surface area contributed by atoms with E-state index < -0.39 is 0 Å². The second-order valence-corrected chi connectivity index (χ2v) is 4.64. The molecule has 1 aliphatic rings. The van der Waals surface area contributed by atoms with Gasteiger partial charge in [-0.3, -0.25) is 0 Å². The monoisotopic (exact) mass is 168 g/mol. The first kappa shape index (κ1) is 10.1. The van der Waals surface area contributed by atoms with Gasteiger partial charge in [0.25, 0.3) is 0 Å².